The van der Waals surface area contributed by atoms with Gasteiger partial charge < -0.3 is 19.3 Å². The molecule has 0 saturated carbocycles. The van der Waals surface area contributed by atoms with Crippen molar-refractivity contribution in [2.24, 2.45) is 0 Å². The number of hydrogen-bond acceptors (Lipinski definition) is 4. The number of ether oxygens (including phenoxy) is 2. The molecule has 0 radical (unpaired) electrons. The molecular formula is C22H32N2O2. The largest absolute Gasteiger partial charge is 0.497 e. The van der Waals surface area contributed by atoms with Gasteiger partial charge in [0.1, 0.15) is 18.1 Å². The molecule has 0 unspecified atom stereocenters. The second kappa shape index (κ2) is 10.1. The second-order valence-corrected chi connectivity index (χ2v) is 6.78. The summed E-state index contributed by atoms with van der Waals surface area (Å²) in [6, 6.07) is 17.1. The Morgan fingerprint density at radius 2 is 1.73 bits per heavy atom. The van der Waals surface area contributed by atoms with Gasteiger partial charge in [-0.2, -0.15) is 0 Å². The van der Waals surface area contributed by atoms with Gasteiger partial charge in [0.2, 0.25) is 0 Å². The zero-order valence-corrected chi connectivity index (χ0v) is 16.7. The van der Waals surface area contributed by atoms with E-state index in [4.69, 9.17) is 9.47 Å². The first-order valence-corrected chi connectivity index (χ1v) is 9.34. The smallest absolute Gasteiger partial charge is 0.120 e. The van der Waals surface area contributed by atoms with Gasteiger partial charge in [0.05, 0.1) is 7.11 Å². The summed E-state index contributed by atoms with van der Waals surface area (Å²) in [7, 11) is 3.82. The van der Waals surface area contributed by atoms with Crippen molar-refractivity contribution in [3.63, 3.8) is 0 Å². The van der Waals surface area contributed by atoms with Crippen molar-refractivity contribution in [3.05, 3.63) is 54.1 Å². The van der Waals surface area contributed by atoms with E-state index in [9.17, 15) is 0 Å². The average Bonchev–Trinajstić information content (AvgIpc) is 2.67. The van der Waals surface area contributed by atoms with Crippen LogP contribution in [0.2, 0.25) is 0 Å². The summed E-state index contributed by atoms with van der Waals surface area (Å²) < 4.78 is 11.2. The number of hydrogen-bond donors (Lipinski definition) is 0. The highest BCUT2D eigenvalue weighted by atomic mass is 16.5. The Hall–Kier alpha value is -2.20. The Kier molecular flexibility index (Phi) is 7.79. The van der Waals surface area contributed by atoms with Crippen LogP contribution >= 0.6 is 0 Å². The molecule has 0 fully saturated rings. The lowest BCUT2D eigenvalue weighted by Crippen LogP contribution is -2.30. The van der Waals surface area contributed by atoms with E-state index in [1.807, 2.05) is 12.1 Å². The lowest BCUT2D eigenvalue weighted by Gasteiger charge is -2.24. The molecule has 0 aliphatic carbocycles. The highest BCUT2D eigenvalue weighted by Crippen LogP contribution is 2.23. The molecular weight excluding hydrogens is 324 g/mol. The first-order valence-electron chi connectivity index (χ1n) is 9.34. The van der Waals surface area contributed by atoms with Crippen molar-refractivity contribution >= 4 is 5.69 Å². The van der Waals surface area contributed by atoms with E-state index in [0.29, 0.717) is 12.6 Å². The summed E-state index contributed by atoms with van der Waals surface area (Å²) in [5.41, 5.74) is 2.44. The molecule has 0 spiro atoms. The summed E-state index contributed by atoms with van der Waals surface area (Å²) in [4.78, 5) is 4.61. The molecule has 0 atom stereocenters. The Morgan fingerprint density at radius 3 is 2.35 bits per heavy atom. The van der Waals surface area contributed by atoms with Crippen molar-refractivity contribution in [1.82, 2.24) is 4.90 Å². The van der Waals surface area contributed by atoms with Gasteiger partial charge in [0.25, 0.3) is 0 Å². The van der Waals surface area contributed by atoms with Gasteiger partial charge in [-0.15, -0.1) is 0 Å². The number of methoxy groups -OCH3 is 1. The standard InChI is InChI=1S/C22H32N2O2/c1-6-24(20-8-7-9-22(16-20)25-5)17-19-10-12-21(13-11-19)26-15-14-23(4)18(2)3/h7-13,16,18H,6,14-15,17H2,1-5H3. The Morgan fingerprint density at radius 1 is 1.00 bits per heavy atom. The van der Waals surface area contributed by atoms with E-state index in [0.717, 1.165) is 31.1 Å². The molecule has 0 N–H and O–H groups in total. The fourth-order valence-corrected chi connectivity index (χ4v) is 2.67. The van der Waals surface area contributed by atoms with Crippen LogP contribution in [0.4, 0.5) is 5.69 Å². The fraction of sp³-hybridized carbons (Fsp3) is 0.455. The van der Waals surface area contributed by atoms with Crippen LogP contribution in [0.15, 0.2) is 48.5 Å². The molecule has 0 aliphatic rings. The molecule has 2 rings (SSSR count). The van der Waals surface area contributed by atoms with Crippen LogP contribution in [0, 0.1) is 0 Å². The Labute approximate surface area is 158 Å². The van der Waals surface area contributed by atoms with Gasteiger partial charge in [-0.05, 0) is 57.6 Å². The molecule has 142 valence electrons. The molecule has 2 aromatic rings. The van der Waals surface area contributed by atoms with Crippen molar-refractivity contribution < 1.29 is 9.47 Å². The highest BCUT2D eigenvalue weighted by molar-refractivity contribution is 5.51. The maximum atomic E-state index is 5.86. The zero-order chi connectivity index (χ0) is 18.9. The molecule has 2 aromatic carbocycles. The fourth-order valence-electron chi connectivity index (χ4n) is 2.67. The van der Waals surface area contributed by atoms with Gasteiger partial charge in [-0.1, -0.05) is 18.2 Å². The van der Waals surface area contributed by atoms with Crippen molar-refractivity contribution in [2.75, 3.05) is 38.8 Å². The Balaban J connectivity index is 1.92. The Bertz CT molecular complexity index is 655. The maximum absolute atomic E-state index is 5.86. The minimum absolute atomic E-state index is 0.539. The van der Waals surface area contributed by atoms with Crippen LogP contribution < -0.4 is 14.4 Å². The van der Waals surface area contributed by atoms with Crippen LogP contribution in [0.25, 0.3) is 0 Å². The normalized spacial score (nSPS) is 11.0. The van der Waals surface area contributed by atoms with Crippen LogP contribution in [0.3, 0.4) is 0 Å². The number of benzene rings is 2. The van der Waals surface area contributed by atoms with E-state index >= 15 is 0 Å². The topological polar surface area (TPSA) is 24.9 Å². The number of rotatable bonds is 10. The molecule has 4 heteroatoms. The molecule has 0 aromatic heterocycles. The lowest BCUT2D eigenvalue weighted by atomic mass is 10.2. The minimum Gasteiger partial charge on any atom is -0.497 e. The molecule has 0 heterocycles. The lowest BCUT2D eigenvalue weighted by molar-refractivity contribution is 0.208. The van der Waals surface area contributed by atoms with Crippen LogP contribution in [-0.4, -0.2) is 44.8 Å². The van der Waals surface area contributed by atoms with Gasteiger partial charge >= 0.3 is 0 Å². The first kappa shape index (κ1) is 20.1. The average molecular weight is 357 g/mol. The van der Waals surface area contributed by atoms with Crippen molar-refractivity contribution in [3.8, 4) is 11.5 Å². The van der Waals surface area contributed by atoms with Gasteiger partial charge in [-0.3, -0.25) is 0 Å². The SMILES string of the molecule is CCN(Cc1ccc(OCCN(C)C(C)C)cc1)c1cccc(OC)c1. The van der Waals surface area contributed by atoms with Crippen LogP contribution in [-0.2, 0) is 6.54 Å². The highest BCUT2D eigenvalue weighted by Gasteiger charge is 2.07. The number of anilines is 1. The second-order valence-electron chi connectivity index (χ2n) is 6.78. The molecule has 0 bridgehead atoms. The van der Waals surface area contributed by atoms with E-state index in [2.05, 4.69) is 74.0 Å². The van der Waals surface area contributed by atoms with E-state index in [1.54, 1.807) is 7.11 Å². The molecule has 0 aliphatic heterocycles. The summed E-state index contributed by atoms with van der Waals surface area (Å²) in [6.07, 6.45) is 0. The summed E-state index contributed by atoms with van der Waals surface area (Å²) in [5, 5.41) is 0. The first-order chi connectivity index (χ1) is 12.5. The number of nitrogens with zero attached hydrogens (tertiary/aromatic N) is 2. The minimum atomic E-state index is 0.539. The molecule has 26 heavy (non-hydrogen) atoms. The predicted molar refractivity (Wildman–Crippen MR) is 109 cm³/mol. The van der Waals surface area contributed by atoms with Crippen molar-refractivity contribution in [1.29, 1.82) is 0 Å². The third kappa shape index (κ3) is 5.95. The van der Waals surface area contributed by atoms with E-state index < -0.39 is 0 Å². The molecule has 0 saturated heterocycles. The summed E-state index contributed by atoms with van der Waals surface area (Å²) in [5.74, 6) is 1.81. The third-order valence-electron chi connectivity index (χ3n) is 4.69. The summed E-state index contributed by atoms with van der Waals surface area (Å²) in [6.45, 7) is 9.99. The monoisotopic (exact) mass is 356 g/mol. The molecule has 4 nitrogen and oxygen atoms in total. The number of likely N-dealkylation sites (N-methyl/N-ethyl adjacent to an activating group) is 1. The maximum Gasteiger partial charge on any atom is 0.120 e. The predicted octanol–water partition coefficient (Wildman–Crippen LogP) is 4.44. The van der Waals surface area contributed by atoms with E-state index in [1.165, 1.54) is 11.3 Å². The van der Waals surface area contributed by atoms with E-state index in [-0.39, 0.29) is 0 Å². The van der Waals surface area contributed by atoms with Crippen LogP contribution in [0.1, 0.15) is 26.3 Å². The van der Waals surface area contributed by atoms with Crippen LogP contribution in [0.5, 0.6) is 11.5 Å². The quantitative estimate of drug-likeness (QED) is 0.628. The zero-order valence-electron chi connectivity index (χ0n) is 16.7. The van der Waals surface area contributed by atoms with Gasteiger partial charge in [0.15, 0.2) is 0 Å². The molecule has 0 amide bonds. The van der Waals surface area contributed by atoms with Gasteiger partial charge in [-0.25, -0.2) is 0 Å². The summed E-state index contributed by atoms with van der Waals surface area (Å²) >= 11 is 0. The third-order valence-corrected chi connectivity index (χ3v) is 4.69. The van der Waals surface area contributed by atoms with Gasteiger partial charge in [0, 0.05) is 37.4 Å². The van der Waals surface area contributed by atoms with Crippen molar-refractivity contribution in [2.45, 2.75) is 33.4 Å².